The number of carbonyl (C=O) groups is 1. The molecule has 0 atom stereocenters. The lowest BCUT2D eigenvalue weighted by Gasteiger charge is -2.28. The Morgan fingerprint density at radius 2 is 2.07 bits per heavy atom. The van der Waals surface area contributed by atoms with E-state index < -0.39 is 0 Å². The van der Waals surface area contributed by atoms with Crippen molar-refractivity contribution in [1.29, 1.82) is 0 Å². The van der Waals surface area contributed by atoms with Crippen molar-refractivity contribution in [3.63, 3.8) is 0 Å². The van der Waals surface area contributed by atoms with Crippen molar-refractivity contribution >= 4 is 17.7 Å². The van der Waals surface area contributed by atoms with Gasteiger partial charge in [-0.1, -0.05) is 0 Å². The molecule has 2 aromatic rings. The fraction of sp³-hybridized carbons (Fsp3) is 0.529. The Morgan fingerprint density at radius 3 is 2.81 bits per heavy atom. The molecule has 10 nitrogen and oxygen atoms in total. The first-order chi connectivity index (χ1) is 13.1. The number of aromatic nitrogens is 4. The maximum Gasteiger partial charge on any atom is 0.258 e. The molecule has 0 spiro atoms. The highest BCUT2D eigenvalue weighted by Gasteiger charge is 2.16. The molecule has 0 unspecified atom stereocenters. The molecule has 3 heterocycles. The summed E-state index contributed by atoms with van der Waals surface area (Å²) in [5.74, 6) is 1.50. The number of ether oxygens (including phenoxy) is 2. The van der Waals surface area contributed by atoms with Crippen molar-refractivity contribution in [2.45, 2.75) is 6.92 Å². The lowest BCUT2D eigenvalue weighted by Crippen LogP contribution is -2.37. The van der Waals surface area contributed by atoms with Crippen molar-refractivity contribution in [3.05, 3.63) is 23.5 Å². The third kappa shape index (κ3) is 4.85. The Labute approximate surface area is 157 Å². The average molecular weight is 375 g/mol. The number of aryl methyl sites for hydroxylation is 2. The highest BCUT2D eigenvalue weighted by Crippen LogP contribution is 2.16. The van der Waals surface area contributed by atoms with Gasteiger partial charge in [-0.3, -0.25) is 9.48 Å². The van der Waals surface area contributed by atoms with Crippen LogP contribution >= 0.6 is 0 Å². The van der Waals surface area contributed by atoms with Crippen LogP contribution in [0.25, 0.3) is 0 Å². The van der Waals surface area contributed by atoms with Gasteiger partial charge < -0.3 is 25.0 Å². The summed E-state index contributed by atoms with van der Waals surface area (Å²) < 4.78 is 12.0. The SMILES string of the molecule is COc1nn(C)cc1C(=O)NCCNc1nc(C)cc(N2CCOCC2)n1. The minimum Gasteiger partial charge on any atom is -0.479 e. The zero-order valence-corrected chi connectivity index (χ0v) is 15.9. The molecule has 0 radical (unpaired) electrons. The highest BCUT2D eigenvalue weighted by atomic mass is 16.5. The van der Waals surface area contributed by atoms with Crippen LogP contribution in [0.1, 0.15) is 16.1 Å². The molecule has 0 saturated carbocycles. The smallest absolute Gasteiger partial charge is 0.258 e. The molecule has 2 aromatic heterocycles. The van der Waals surface area contributed by atoms with E-state index >= 15 is 0 Å². The van der Waals surface area contributed by atoms with Crippen LogP contribution in [-0.2, 0) is 11.8 Å². The third-order valence-corrected chi connectivity index (χ3v) is 4.10. The molecule has 146 valence electrons. The van der Waals surface area contributed by atoms with Crippen LogP contribution in [0.2, 0.25) is 0 Å². The second kappa shape index (κ2) is 8.67. The van der Waals surface area contributed by atoms with Gasteiger partial charge in [0.05, 0.1) is 20.3 Å². The van der Waals surface area contributed by atoms with Crippen LogP contribution < -0.4 is 20.3 Å². The molecule has 1 saturated heterocycles. The van der Waals surface area contributed by atoms with Crippen LogP contribution in [0.3, 0.4) is 0 Å². The molecule has 1 aliphatic heterocycles. The van der Waals surface area contributed by atoms with E-state index in [-0.39, 0.29) is 5.91 Å². The number of morpholine rings is 1. The number of methoxy groups -OCH3 is 1. The van der Waals surface area contributed by atoms with Gasteiger partial charge in [0, 0.05) is 51.2 Å². The van der Waals surface area contributed by atoms with Gasteiger partial charge in [0.25, 0.3) is 5.91 Å². The molecule has 1 amide bonds. The summed E-state index contributed by atoms with van der Waals surface area (Å²) in [6, 6.07) is 1.97. The summed E-state index contributed by atoms with van der Waals surface area (Å²) >= 11 is 0. The summed E-state index contributed by atoms with van der Waals surface area (Å²) in [6.07, 6.45) is 1.62. The number of anilines is 2. The number of amides is 1. The van der Waals surface area contributed by atoms with Gasteiger partial charge in [0.1, 0.15) is 11.4 Å². The Bertz CT molecular complexity index is 787. The summed E-state index contributed by atoms with van der Waals surface area (Å²) in [4.78, 5) is 23.4. The average Bonchev–Trinajstić information content (AvgIpc) is 3.06. The molecule has 0 aliphatic carbocycles. The quantitative estimate of drug-likeness (QED) is 0.662. The lowest BCUT2D eigenvalue weighted by molar-refractivity contribution is 0.0952. The zero-order chi connectivity index (χ0) is 19.2. The van der Waals surface area contributed by atoms with Crippen molar-refractivity contribution in [3.8, 4) is 5.88 Å². The molecule has 10 heteroatoms. The Hall–Kier alpha value is -2.88. The van der Waals surface area contributed by atoms with Crippen LogP contribution in [0.4, 0.5) is 11.8 Å². The molecular weight excluding hydrogens is 350 g/mol. The monoisotopic (exact) mass is 375 g/mol. The molecular formula is C17H25N7O3. The van der Waals surface area contributed by atoms with Gasteiger partial charge in [-0.2, -0.15) is 4.98 Å². The van der Waals surface area contributed by atoms with Gasteiger partial charge >= 0.3 is 0 Å². The van der Waals surface area contributed by atoms with Gasteiger partial charge in [0.2, 0.25) is 11.8 Å². The number of hydrogen-bond acceptors (Lipinski definition) is 8. The van der Waals surface area contributed by atoms with E-state index in [0.29, 0.717) is 43.7 Å². The van der Waals surface area contributed by atoms with Crippen LogP contribution in [0.5, 0.6) is 5.88 Å². The Balaban J connectivity index is 1.52. The molecule has 1 aliphatic rings. The lowest BCUT2D eigenvalue weighted by atomic mass is 10.3. The Kier molecular flexibility index (Phi) is 6.07. The molecule has 0 bridgehead atoms. The normalized spacial score (nSPS) is 14.1. The van der Waals surface area contributed by atoms with Crippen molar-refractivity contribution in [2.24, 2.45) is 7.05 Å². The van der Waals surface area contributed by atoms with Crippen LogP contribution in [-0.4, -0.2) is 72.2 Å². The third-order valence-electron chi connectivity index (χ3n) is 4.10. The Morgan fingerprint density at radius 1 is 1.30 bits per heavy atom. The number of hydrogen-bond donors (Lipinski definition) is 2. The number of nitrogens with zero attached hydrogens (tertiary/aromatic N) is 5. The first-order valence-electron chi connectivity index (χ1n) is 8.85. The predicted octanol–water partition coefficient (Wildman–Crippen LogP) is 0.206. The van der Waals surface area contributed by atoms with Crippen molar-refractivity contribution in [1.82, 2.24) is 25.1 Å². The van der Waals surface area contributed by atoms with Gasteiger partial charge in [-0.25, -0.2) is 4.98 Å². The first kappa shape index (κ1) is 18.9. The second-order valence-corrected chi connectivity index (χ2v) is 6.20. The standard InChI is InChI=1S/C17H25N7O3/c1-12-10-14(24-6-8-27-9-7-24)21-17(20-12)19-5-4-18-15(25)13-11-23(2)22-16(13)26-3/h10-11H,4-9H2,1-3H3,(H,18,25)(H,19,20,21). The van der Waals surface area contributed by atoms with E-state index in [0.717, 1.165) is 24.6 Å². The minimum atomic E-state index is -0.235. The van der Waals surface area contributed by atoms with Crippen molar-refractivity contribution in [2.75, 3.05) is 56.7 Å². The molecule has 0 aromatic carbocycles. The van der Waals surface area contributed by atoms with E-state index in [1.807, 2.05) is 13.0 Å². The first-order valence-corrected chi connectivity index (χ1v) is 8.85. The molecule has 3 rings (SSSR count). The minimum absolute atomic E-state index is 0.235. The number of nitrogens with one attached hydrogen (secondary N) is 2. The largest absolute Gasteiger partial charge is 0.479 e. The zero-order valence-electron chi connectivity index (χ0n) is 15.9. The summed E-state index contributed by atoms with van der Waals surface area (Å²) in [7, 11) is 3.23. The highest BCUT2D eigenvalue weighted by molar-refractivity contribution is 5.96. The van der Waals surface area contributed by atoms with Gasteiger partial charge in [-0.15, -0.1) is 5.10 Å². The maximum absolute atomic E-state index is 12.2. The molecule has 2 N–H and O–H groups in total. The summed E-state index contributed by atoms with van der Waals surface area (Å²) in [5, 5.41) is 10.1. The van der Waals surface area contributed by atoms with E-state index in [4.69, 9.17) is 9.47 Å². The fourth-order valence-corrected chi connectivity index (χ4v) is 2.81. The van der Waals surface area contributed by atoms with Crippen LogP contribution in [0, 0.1) is 6.92 Å². The topological polar surface area (TPSA) is 106 Å². The maximum atomic E-state index is 12.2. The van der Waals surface area contributed by atoms with E-state index in [1.54, 1.807) is 17.9 Å². The number of rotatable bonds is 7. The number of carbonyl (C=O) groups excluding carboxylic acids is 1. The van der Waals surface area contributed by atoms with Gasteiger partial charge in [-0.05, 0) is 6.92 Å². The molecule has 1 fully saturated rings. The summed E-state index contributed by atoms with van der Waals surface area (Å²) in [5.41, 5.74) is 1.29. The van der Waals surface area contributed by atoms with Crippen LogP contribution in [0.15, 0.2) is 12.3 Å². The van der Waals surface area contributed by atoms with Gasteiger partial charge in [0.15, 0.2) is 0 Å². The van der Waals surface area contributed by atoms with Crippen molar-refractivity contribution < 1.29 is 14.3 Å². The van der Waals surface area contributed by atoms with E-state index in [9.17, 15) is 4.79 Å². The second-order valence-electron chi connectivity index (χ2n) is 6.20. The summed E-state index contributed by atoms with van der Waals surface area (Å²) in [6.45, 7) is 5.90. The predicted molar refractivity (Wildman–Crippen MR) is 100 cm³/mol. The van der Waals surface area contributed by atoms with E-state index in [1.165, 1.54) is 7.11 Å². The fourth-order valence-electron chi connectivity index (χ4n) is 2.81. The molecule has 27 heavy (non-hydrogen) atoms. The van der Waals surface area contributed by atoms with E-state index in [2.05, 4.69) is 30.6 Å².